The van der Waals surface area contributed by atoms with Gasteiger partial charge in [0.25, 0.3) is 0 Å². The van der Waals surface area contributed by atoms with Gasteiger partial charge in [0, 0.05) is 31.1 Å². The summed E-state index contributed by atoms with van der Waals surface area (Å²) in [5, 5.41) is 0. The maximum Gasteiger partial charge on any atom is 0.0931 e. The molecule has 1 saturated heterocycles. The van der Waals surface area contributed by atoms with Crippen molar-refractivity contribution < 1.29 is 4.57 Å². The second-order valence-electron chi connectivity index (χ2n) is 3.93. The van der Waals surface area contributed by atoms with Crippen molar-refractivity contribution in [3.05, 3.63) is 0 Å². The maximum atomic E-state index is 12.1. The van der Waals surface area contributed by atoms with Crippen molar-refractivity contribution in [1.82, 2.24) is 4.90 Å². The third kappa shape index (κ3) is 1.52. The van der Waals surface area contributed by atoms with Gasteiger partial charge in [-0.25, -0.2) is 0 Å². The summed E-state index contributed by atoms with van der Waals surface area (Å²) >= 11 is 0. The van der Waals surface area contributed by atoms with Crippen molar-refractivity contribution >= 4 is 7.14 Å². The lowest BCUT2D eigenvalue weighted by atomic mass is 10.6. The Hall–Kier alpha value is 0.190. The maximum absolute atomic E-state index is 12.1. The minimum absolute atomic E-state index is 0.649. The van der Waals surface area contributed by atoms with E-state index in [1.165, 1.54) is 12.8 Å². The molecule has 0 aromatic rings. The summed E-state index contributed by atoms with van der Waals surface area (Å²) in [6.45, 7) is 2.13. The number of hydrogen-bond acceptors (Lipinski definition) is 2. The normalized spacial score (nSPS) is 32.1. The molecule has 0 N–H and O–H groups in total. The van der Waals surface area contributed by atoms with E-state index >= 15 is 0 Å². The van der Waals surface area contributed by atoms with Crippen LogP contribution in [0.2, 0.25) is 0 Å². The predicted octanol–water partition coefficient (Wildman–Crippen LogP) is 1.46. The van der Waals surface area contributed by atoms with Crippen LogP contribution in [0.1, 0.15) is 12.8 Å². The van der Waals surface area contributed by atoms with Crippen LogP contribution in [0.4, 0.5) is 0 Å². The van der Waals surface area contributed by atoms with Crippen LogP contribution >= 0.6 is 7.14 Å². The van der Waals surface area contributed by atoms with Gasteiger partial charge in [0.15, 0.2) is 0 Å². The zero-order valence-electron chi connectivity index (χ0n) is 7.12. The molecule has 0 atom stereocenters. The summed E-state index contributed by atoms with van der Waals surface area (Å²) in [6.07, 6.45) is 4.49. The Morgan fingerprint density at radius 1 is 1.27 bits per heavy atom. The van der Waals surface area contributed by atoms with Gasteiger partial charge in [-0.3, -0.25) is 0 Å². The van der Waals surface area contributed by atoms with Gasteiger partial charge in [0.05, 0.1) is 7.14 Å². The van der Waals surface area contributed by atoms with Gasteiger partial charge in [-0.1, -0.05) is 0 Å². The van der Waals surface area contributed by atoms with E-state index in [1.54, 1.807) is 0 Å². The molecule has 0 amide bonds. The third-order valence-electron chi connectivity index (χ3n) is 2.93. The molecule has 1 aliphatic carbocycles. The SMILES string of the molecule is CN1CCP(=O)(C2CC2)CC1. The van der Waals surface area contributed by atoms with Crippen molar-refractivity contribution in [3.8, 4) is 0 Å². The molecule has 2 nitrogen and oxygen atoms in total. The second-order valence-corrected chi connectivity index (χ2v) is 7.46. The van der Waals surface area contributed by atoms with Gasteiger partial charge >= 0.3 is 0 Å². The van der Waals surface area contributed by atoms with Crippen molar-refractivity contribution in [2.45, 2.75) is 18.5 Å². The van der Waals surface area contributed by atoms with Crippen molar-refractivity contribution in [3.63, 3.8) is 0 Å². The van der Waals surface area contributed by atoms with Crippen LogP contribution < -0.4 is 0 Å². The Balaban J connectivity index is 1.99. The molecule has 2 aliphatic rings. The van der Waals surface area contributed by atoms with E-state index in [-0.39, 0.29) is 0 Å². The van der Waals surface area contributed by atoms with Crippen LogP contribution in [0.3, 0.4) is 0 Å². The first-order chi connectivity index (χ1) is 5.21. The number of nitrogens with zero attached hydrogens (tertiary/aromatic N) is 1. The van der Waals surface area contributed by atoms with Gasteiger partial charge in [-0.05, 0) is 19.9 Å². The van der Waals surface area contributed by atoms with Crippen LogP contribution in [-0.4, -0.2) is 43.0 Å². The van der Waals surface area contributed by atoms with E-state index in [9.17, 15) is 4.57 Å². The van der Waals surface area contributed by atoms with Crippen molar-refractivity contribution in [2.24, 2.45) is 0 Å². The summed E-state index contributed by atoms with van der Waals surface area (Å²) in [6, 6.07) is 0. The van der Waals surface area contributed by atoms with E-state index in [2.05, 4.69) is 11.9 Å². The average Bonchev–Trinajstić information content (AvgIpc) is 2.77. The topological polar surface area (TPSA) is 20.3 Å². The van der Waals surface area contributed by atoms with Gasteiger partial charge < -0.3 is 9.46 Å². The predicted molar refractivity (Wildman–Crippen MR) is 47.9 cm³/mol. The molecule has 1 saturated carbocycles. The van der Waals surface area contributed by atoms with Gasteiger partial charge in [0.2, 0.25) is 0 Å². The summed E-state index contributed by atoms with van der Waals surface area (Å²) in [7, 11) is 0.468. The van der Waals surface area contributed by atoms with Crippen molar-refractivity contribution in [2.75, 3.05) is 32.5 Å². The summed E-state index contributed by atoms with van der Waals surface area (Å²) in [5.74, 6) is 0. The minimum atomic E-state index is -1.65. The standard InChI is InChI=1S/C8H16NOP/c1-9-4-6-11(10,7-5-9)8-2-3-8/h8H,2-7H2,1H3. The Bertz CT molecular complexity index is 188. The highest BCUT2D eigenvalue weighted by Crippen LogP contribution is 2.61. The summed E-state index contributed by atoms with van der Waals surface area (Å²) in [5.41, 5.74) is 0.649. The van der Waals surface area contributed by atoms with E-state index in [4.69, 9.17) is 0 Å². The van der Waals surface area contributed by atoms with Crippen LogP contribution in [0.5, 0.6) is 0 Å². The van der Waals surface area contributed by atoms with Crippen LogP contribution in [0, 0.1) is 0 Å². The Kier molecular flexibility index (Phi) is 1.85. The first-order valence-corrected chi connectivity index (χ1v) is 6.62. The quantitative estimate of drug-likeness (QED) is 0.559. The molecule has 11 heavy (non-hydrogen) atoms. The van der Waals surface area contributed by atoms with E-state index in [0.717, 1.165) is 25.4 Å². The molecule has 0 radical (unpaired) electrons. The lowest BCUT2D eigenvalue weighted by Gasteiger charge is -2.29. The molecule has 0 bridgehead atoms. The molecule has 3 heteroatoms. The Labute approximate surface area is 68.3 Å². The molecule has 1 aliphatic heterocycles. The highest BCUT2D eigenvalue weighted by Gasteiger charge is 2.41. The van der Waals surface area contributed by atoms with Crippen molar-refractivity contribution in [1.29, 1.82) is 0 Å². The van der Waals surface area contributed by atoms with Gasteiger partial charge in [-0.15, -0.1) is 0 Å². The smallest absolute Gasteiger partial charge is 0.0931 e. The molecule has 1 heterocycles. The molecule has 64 valence electrons. The molecular formula is C8H16NOP. The fourth-order valence-electron chi connectivity index (χ4n) is 1.81. The first-order valence-electron chi connectivity index (χ1n) is 4.47. The zero-order valence-corrected chi connectivity index (χ0v) is 8.02. The van der Waals surface area contributed by atoms with Crippen LogP contribution in [0.25, 0.3) is 0 Å². The molecule has 2 fully saturated rings. The van der Waals surface area contributed by atoms with Gasteiger partial charge in [-0.2, -0.15) is 0 Å². The molecule has 2 rings (SSSR count). The van der Waals surface area contributed by atoms with Gasteiger partial charge in [0.1, 0.15) is 0 Å². The highest BCUT2D eigenvalue weighted by molar-refractivity contribution is 7.65. The lowest BCUT2D eigenvalue weighted by Crippen LogP contribution is -2.32. The monoisotopic (exact) mass is 173 g/mol. The zero-order chi connectivity index (χ0) is 7.90. The lowest BCUT2D eigenvalue weighted by molar-refractivity contribution is 0.359. The Morgan fingerprint density at radius 2 is 1.82 bits per heavy atom. The first kappa shape index (κ1) is 7.82. The van der Waals surface area contributed by atoms with Crippen LogP contribution in [-0.2, 0) is 4.57 Å². The second kappa shape index (κ2) is 2.60. The average molecular weight is 173 g/mol. The van der Waals surface area contributed by atoms with E-state index < -0.39 is 7.14 Å². The largest absolute Gasteiger partial charge is 0.323 e. The molecule has 0 spiro atoms. The fourth-order valence-corrected chi connectivity index (χ4v) is 5.22. The summed E-state index contributed by atoms with van der Waals surface area (Å²) < 4.78 is 12.1. The number of hydrogen-bond donors (Lipinski definition) is 0. The van der Waals surface area contributed by atoms with Crippen LogP contribution in [0.15, 0.2) is 0 Å². The summed E-state index contributed by atoms with van der Waals surface area (Å²) in [4.78, 5) is 2.29. The molecule has 0 aromatic carbocycles. The van der Waals surface area contributed by atoms with E-state index in [0.29, 0.717) is 5.66 Å². The third-order valence-corrected chi connectivity index (χ3v) is 6.69. The molecule has 0 aromatic heterocycles. The number of rotatable bonds is 1. The fraction of sp³-hybridized carbons (Fsp3) is 1.00. The minimum Gasteiger partial charge on any atom is -0.323 e. The molecule has 0 unspecified atom stereocenters. The Morgan fingerprint density at radius 3 is 2.27 bits per heavy atom. The van der Waals surface area contributed by atoms with E-state index in [1.807, 2.05) is 0 Å². The highest BCUT2D eigenvalue weighted by atomic mass is 31.2. The molecular weight excluding hydrogens is 157 g/mol.